The highest BCUT2D eigenvalue weighted by Gasteiger charge is 2.23. The Morgan fingerprint density at radius 2 is 2.24 bits per heavy atom. The second kappa shape index (κ2) is 6.44. The van der Waals surface area contributed by atoms with Crippen LogP contribution in [0.2, 0.25) is 0 Å². The van der Waals surface area contributed by atoms with Crippen molar-refractivity contribution in [2.45, 2.75) is 19.8 Å². The molecule has 0 bridgehead atoms. The lowest BCUT2D eigenvalue weighted by Gasteiger charge is -2.22. The summed E-state index contributed by atoms with van der Waals surface area (Å²) in [7, 11) is -3.60. The molecule has 1 aliphatic heterocycles. The van der Waals surface area contributed by atoms with Crippen LogP contribution in [0.5, 0.6) is 0 Å². The fraction of sp³-hybridized carbons (Fsp3) is 0.500. The van der Waals surface area contributed by atoms with Gasteiger partial charge >= 0.3 is 5.97 Å². The minimum atomic E-state index is -3.60. The van der Waals surface area contributed by atoms with Crippen molar-refractivity contribution in [3.63, 3.8) is 0 Å². The molecule has 1 aliphatic rings. The van der Waals surface area contributed by atoms with Gasteiger partial charge in [0.2, 0.25) is 10.0 Å². The van der Waals surface area contributed by atoms with E-state index in [1.54, 1.807) is 19.1 Å². The molecule has 2 rings (SSSR count). The summed E-state index contributed by atoms with van der Waals surface area (Å²) >= 11 is 0. The summed E-state index contributed by atoms with van der Waals surface area (Å²) in [5.74, 6) is -1.25. The van der Waals surface area contributed by atoms with Crippen LogP contribution in [-0.4, -0.2) is 38.5 Å². The predicted octanol–water partition coefficient (Wildman–Crippen LogP) is 1.86. The maximum absolute atomic E-state index is 12.2. The largest absolute Gasteiger partial charge is 0.478 e. The normalized spacial score (nSPS) is 19.2. The molecule has 21 heavy (non-hydrogen) atoms. The molecule has 1 saturated heterocycles. The van der Waals surface area contributed by atoms with E-state index in [0.717, 1.165) is 12.8 Å². The topological polar surface area (TPSA) is 92.7 Å². The molecular weight excluding hydrogens is 294 g/mol. The number of carboxylic acids is 1. The lowest BCUT2D eigenvalue weighted by atomic mass is 10.1. The predicted molar refractivity (Wildman–Crippen MR) is 79.1 cm³/mol. The molecule has 0 aromatic heterocycles. The lowest BCUT2D eigenvalue weighted by Crippen LogP contribution is -2.29. The van der Waals surface area contributed by atoms with Gasteiger partial charge in [-0.1, -0.05) is 12.1 Å². The highest BCUT2D eigenvalue weighted by molar-refractivity contribution is 7.92. The summed E-state index contributed by atoms with van der Waals surface area (Å²) in [6.45, 7) is 2.74. The highest BCUT2D eigenvalue weighted by Crippen LogP contribution is 2.22. The van der Waals surface area contributed by atoms with Gasteiger partial charge in [-0.05, 0) is 37.3 Å². The van der Waals surface area contributed by atoms with Crippen LogP contribution in [0.1, 0.15) is 28.8 Å². The zero-order chi connectivity index (χ0) is 15.5. The van der Waals surface area contributed by atoms with E-state index >= 15 is 0 Å². The standard InChI is InChI=1S/C14H19NO5S/c1-10-4-2-6-12(13(10)14(16)17)15-21(18,19)9-11-5-3-7-20-8-11/h2,4,6,11,15H,3,5,7-9H2,1H3,(H,16,17). The number of carboxylic acid groups (broad SMARTS) is 1. The minimum absolute atomic E-state index is 0.0130. The fourth-order valence-electron chi connectivity index (χ4n) is 2.50. The van der Waals surface area contributed by atoms with Crippen molar-refractivity contribution in [2.24, 2.45) is 5.92 Å². The number of ether oxygens (including phenoxy) is 1. The third-order valence-electron chi connectivity index (χ3n) is 3.46. The van der Waals surface area contributed by atoms with E-state index in [2.05, 4.69) is 4.72 Å². The van der Waals surface area contributed by atoms with Crippen molar-refractivity contribution in [1.82, 2.24) is 0 Å². The summed E-state index contributed by atoms with van der Waals surface area (Å²) in [5.41, 5.74) is 0.615. The summed E-state index contributed by atoms with van der Waals surface area (Å²) in [6, 6.07) is 4.73. The molecule has 6 nitrogen and oxygen atoms in total. The van der Waals surface area contributed by atoms with Gasteiger partial charge in [-0.3, -0.25) is 4.72 Å². The first-order chi connectivity index (χ1) is 9.89. The molecule has 1 aromatic carbocycles. The van der Waals surface area contributed by atoms with E-state index in [-0.39, 0.29) is 22.9 Å². The Kier molecular flexibility index (Phi) is 4.84. The van der Waals surface area contributed by atoms with Crippen LogP contribution >= 0.6 is 0 Å². The Labute approximate surface area is 124 Å². The third-order valence-corrected chi connectivity index (χ3v) is 4.90. The smallest absolute Gasteiger partial charge is 0.338 e. The van der Waals surface area contributed by atoms with Gasteiger partial charge in [0.15, 0.2) is 0 Å². The molecular formula is C14H19NO5S. The van der Waals surface area contributed by atoms with Crippen LogP contribution in [0.4, 0.5) is 5.69 Å². The molecule has 2 N–H and O–H groups in total. The van der Waals surface area contributed by atoms with Crippen molar-refractivity contribution < 1.29 is 23.1 Å². The average Bonchev–Trinajstić information content (AvgIpc) is 2.38. The first-order valence-electron chi connectivity index (χ1n) is 6.80. The van der Waals surface area contributed by atoms with E-state index in [1.807, 2.05) is 0 Å². The fourth-order valence-corrected chi connectivity index (χ4v) is 3.97. The lowest BCUT2D eigenvalue weighted by molar-refractivity contribution is 0.0626. The zero-order valence-electron chi connectivity index (χ0n) is 11.8. The van der Waals surface area contributed by atoms with E-state index in [9.17, 15) is 18.3 Å². The molecule has 1 heterocycles. The van der Waals surface area contributed by atoms with Crippen LogP contribution in [0.25, 0.3) is 0 Å². The number of aryl methyl sites for hydroxylation is 1. The van der Waals surface area contributed by atoms with Gasteiger partial charge in [-0.25, -0.2) is 13.2 Å². The molecule has 116 valence electrons. The maximum atomic E-state index is 12.2. The summed E-state index contributed by atoms with van der Waals surface area (Å²) in [6.07, 6.45) is 1.66. The van der Waals surface area contributed by atoms with Crippen molar-refractivity contribution in [2.75, 3.05) is 23.7 Å². The van der Waals surface area contributed by atoms with Crippen molar-refractivity contribution >= 4 is 21.7 Å². The third kappa shape index (κ3) is 4.18. The van der Waals surface area contributed by atoms with Crippen molar-refractivity contribution in [3.05, 3.63) is 29.3 Å². The van der Waals surface area contributed by atoms with E-state index in [4.69, 9.17) is 4.74 Å². The van der Waals surface area contributed by atoms with Crippen LogP contribution in [0, 0.1) is 12.8 Å². The van der Waals surface area contributed by atoms with E-state index < -0.39 is 16.0 Å². The number of hydrogen-bond donors (Lipinski definition) is 2. The number of carbonyl (C=O) groups is 1. The summed E-state index contributed by atoms with van der Waals surface area (Å²) in [4.78, 5) is 11.3. The summed E-state index contributed by atoms with van der Waals surface area (Å²) < 4.78 is 32.1. The molecule has 0 spiro atoms. The maximum Gasteiger partial charge on any atom is 0.338 e. The summed E-state index contributed by atoms with van der Waals surface area (Å²) in [5, 5.41) is 9.21. The van der Waals surface area contributed by atoms with Crippen LogP contribution in [-0.2, 0) is 14.8 Å². The van der Waals surface area contributed by atoms with Crippen LogP contribution in [0.15, 0.2) is 18.2 Å². The molecule has 0 radical (unpaired) electrons. The van der Waals surface area contributed by atoms with Gasteiger partial charge in [0.1, 0.15) is 0 Å². The zero-order valence-corrected chi connectivity index (χ0v) is 12.6. The second-order valence-corrected chi connectivity index (χ2v) is 7.04. The van der Waals surface area contributed by atoms with Gasteiger partial charge in [-0.15, -0.1) is 0 Å². The number of sulfonamides is 1. The van der Waals surface area contributed by atoms with Gasteiger partial charge in [0.05, 0.1) is 23.6 Å². The number of aromatic carboxylic acids is 1. The Balaban J connectivity index is 2.16. The number of rotatable bonds is 5. The van der Waals surface area contributed by atoms with Crippen molar-refractivity contribution in [1.29, 1.82) is 0 Å². The molecule has 1 atom stereocenters. The Bertz CT molecular complexity index is 620. The minimum Gasteiger partial charge on any atom is -0.478 e. The quantitative estimate of drug-likeness (QED) is 0.865. The first kappa shape index (κ1) is 15.8. The molecule has 1 aromatic rings. The number of nitrogens with one attached hydrogen (secondary N) is 1. The molecule has 7 heteroatoms. The second-order valence-electron chi connectivity index (χ2n) is 5.27. The Morgan fingerprint density at radius 1 is 1.48 bits per heavy atom. The van der Waals surface area contributed by atoms with Crippen LogP contribution in [0.3, 0.4) is 0 Å². The van der Waals surface area contributed by atoms with E-state index in [0.29, 0.717) is 18.8 Å². The number of hydrogen-bond acceptors (Lipinski definition) is 4. The first-order valence-corrected chi connectivity index (χ1v) is 8.45. The Morgan fingerprint density at radius 3 is 2.86 bits per heavy atom. The van der Waals surface area contributed by atoms with Gasteiger partial charge in [0, 0.05) is 6.61 Å². The molecule has 0 saturated carbocycles. The molecule has 1 unspecified atom stereocenters. The monoisotopic (exact) mass is 313 g/mol. The molecule has 1 fully saturated rings. The van der Waals surface area contributed by atoms with Crippen molar-refractivity contribution in [3.8, 4) is 0 Å². The molecule has 0 aliphatic carbocycles. The average molecular weight is 313 g/mol. The SMILES string of the molecule is Cc1cccc(NS(=O)(=O)CC2CCCOC2)c1C(=O)O. The van der Waals surface area contributed by atoms with Crippen LogP contribution < -0.4 is 4.72 Å². The number of benzene rings is 1. The van der Waals surface area contributed by atoms with Gasteiger partial charge in [-0.2, -0.15) is 0 Å². The Hall–Kier alpha value is -1.60. The van der Waals surface area contributed by atoms with Gasteiger partial charge < -0.3 is 9.84 Å². The van der Waals surface area contributed by atoms with Gasteiger partial charge in [0.25, 0.3) is 0 Å². The molecule has 0 amide bonds. The number of anilines is 1. The van der Waals surface area contributed by atoms with E-state index in [1.165, 1.54) is 6.07 Å². The highest BCUT2D eigenvalue weighted by atomic mass is 32.2.